The summed E-state index contributed by atoms with van der Waals surface area (Å²) in [5.41, 5.74) is 0.477. The van der Waals surface area contributed by atoms with E-state index in [1.807, 2.05) is 37.4 Å². The first-order chi connectivity index (χ1) is 8.68. The summed E-state index contributed by atoms with van der Waals surface area (Å²) in [6, 6.07) is 9.80. The lowest BCUT2D eigenvalue weighted by Crippen LogP contribution is -2.46. The number of carbonyl (C=O) groups excluding carboxylic acids is 1. The van der Waals surface area contributed by atoms with Gasteiger partial charge in [0.05, 0.1) is 25.2 Å². The van der Waals surface area contributed by atoms with E-state index in [-0.39, 0.29) is 12.4 Å². The average molecular weight is 251 g/mol. The Hall–Kier alpha value is -1.39. The molecule has 1 aromatic rings. The van der Waals surface area contributed by atoms with Crippen LogP contribution in [0.2, 0.25) is 0 Å². The van der Waals surface area contributed by atoms with Crippen molar-refractivity contribution < 1.29 is 14.3 Å². The largest absolute Gasteiger partial charge is 0.466 e. The molecule has 0 aliphatic carbocycles. The lowest BCUT2D eigenvalue weighted by atomic mass is 9.87. The van der Waals surface area contributed by atoms with Gasteiger partial charge in [-0.2, -0.15) is 0 Å². The van der Waals surface area contributed by atoms with Crippen LogP contribution in [0.15, 0.2) is 30.3 Å². The fraction of sp³-hybridized carbons (Fsp3) is 0.500. The average Bonchev–Trinajstić information content (AvgIpc) is 2.39. The van der Waals surface area contributed by atoms with Gasteiger partial charge in [-0.3, -0.25) is 4.79 Å². The number of carbonyl (C=O) groups is 1. The maximum atomic E-state index is 11.7. The Morgan fingerprint density at radius 3 is 2.50 bits per heavy atom. The van der Waals surface area contributed by atoms with Crippen molar-refractivity contribution in [3.8, 4) is 0 Å². The van der Waals surface area contributed by atoms with Gasteiger partial charge >= 0.3 is 5.97 Å². The second-order valence-electron chi connectivity index (χ2n) is 4.11. The van der Waals surface area contributed by atoms with E-state index in [9.17, 15) is 4.79 Å². The first kappa shape index (κ1) is 14.7. The summed E-state index contributed by atoms with van der Waals surface area (Å²) in [7, 11) is 3.45. The molecule has 0 aliphatic heterocycles. The van der Waals surface area contributed by atoms with Crippen molar-refractivity contribution in [2.75, 3.05) is 27.4 Å². The van der Waals surface area contributed by atoms with Gasteiger partial charge in [-0.25, -0.2) is 0 Å². The van der Waals surface area contributed by atoms with Gasteiger partial charge in [-0.15, -0.1) is 0 Å². The minimum atomic E-state index is -0.539. The molecule has 0 bridgehead atoms. The number of esters is 1. The van der Waals surface area contributed by atoms with E-state index in [1.54, 1.807) is 14.0 Å². The van der Waals surface area contributed by atoms with Crippen LogP contribution in [-0.4, -0.2) is 33.3 Å². The molecule has 0 saturated carbocycles. The summed E-state index contributed by atoms with van der Waals surface area (Å²) in [5.74, 6) is -0.229. The molecule has 1 N–H and O–H groups in total. The molecule has 1 aromatic carbocycles. The molecule has 0 saturated heterocycles. The maximum absolute atomic E-state index is 11.7. The van der Waals surface area contributed by atoms with Crippen LogP contribution in [0, 0.1) is 0 Å². The van der Waals surface area contributed by atoms with Crippen LogP contribution in [0.5, 0.6) is 0 Å². The number of likely N-dealkylation sites (N-methyl/N-ethyl adjacent to an activating group) is 1. The van der Waals surface area contributed by atoms with Crippen LogP contribution in [0.1, 0.15) is 18.9 Å². The molecule has 0 amide bonds. The van der Waals surface area contributed by atoms with Gasteiger partial charge in [0, 0.05) is 7.11 Å². The van der Waals surface area contributed by atoms with E-state index >= 15 is 0 Å². The van der Waals surface area contributed by atoms with Crippen LogP contribution >= 0.6 is 0 Å². The number of rotatable bonds is 7. The highest BCUT2D eigenvalue weighted by Crippen LogP contribution is 2.25. The first-order valence-corrected chi connectivity index (χ1v) is 6.07. The van der Waals surface area contributed by atoms with Crippen LogP contribution in [0.4, 0.5) is 0 Å². The van der Waals surface area contributed by atoms with E-state index in [0.717, 1.165) is 5.56 Å². The summed E-state index contributed by atoms with van der Waals surface area (Å²) in [6.45, 7) is 2.60. The van der Waals surface area contributed by atoms with Crippen molar-refractivity contribution in [3.63, 3.8) is 0 Å². The lowest BCUT2D eigenvalue weighted by molar-refractivity contribution is -0.145. The molecule has 4 nitrogen and oxygen atoms in total. The molecule has 0 heterocycles. The number of hydrogen-bond acceptors (Lipinski definition) is 4. The van der Waals surface area contributed by atoms with Crippen molar-refractivity contribution in [3.05, 3.63) is 35.9 Å². The van der Waals surface area contributed by atoms with Gasteiger partial charge in [0.1, 0.15) is 0 Å². The number of benzene rings is 1. The minimum absolute atomic E-state index is 0.229. The van der Waals surface area contributed by atoms with Crippen molar-refractivity contribution in [2.24, 2.45) is 0 Å². The first-order valence-electron chi connectivity index (χ1n) is 6.07. The predicted molar refractivity (Wildman–Crippen MR) is 70.3 cm³/mol. The third-order valence-corrected chi connectivity index (χ3v) is 2.95. The van der Waals surface area contributed by atoms with Crippen molar-refractivity contribution in [1.29, 1.82) is 0 Å². The Morgan fingerprint density at radius 1 is 1.33 bits per heavy atom. The van der Waals surface area contributed by atoms with E-state index in [0.29, 0.717) is 13.2 Å². The summed E-state index contributed by atoms with van der Waals surface area (Å²) in [6.07, 6.45) is 0.245. The molecule has 0 aromatic heterocycles. The van der Waals surface area contributed by atoms with Gasteiger partial charge in [0.2, 0.25) is 0 Å². The molecule has 0 spiro atoms. The summed E-state index contributed by atoms with van der Waals surface area (Å²) in [4.78, 5) is 11.7. The minimum Gasteiger partial charge on any atom is -0.466 e. The zero-order chi connectivity index (χ0) is 13.4. The quantitative estimate of drug-likeness (QED) is 0.749. The van der Waals surface area contributed by atoms with Gasteiger partial charge in [-0.05, 0) is 19.5 Å². The van der Waals surface area contributed by atoms with E-state index in [1.165, 1.54) is 0 Å². The Labute approximate surface area is 108 Å². The predicted octanol–water partition coefficient (Wildman–Crippen LogP) is 1.70. The molecule has 4 heteroatoms. The fourth-order valence-corrected chi connectivity index (χ4v) is 2.00. The zero-order valence-corrected chi connectivity index (χ0v) is 11.2. The van der Waals surface area contributed by atoms with Crippen molar-refractivity contribution in [2.45, 2.75) is 18.9 Å². The van der Waals surface area contributed by atoms with Gasteiger partial charge < -0.3 is 14.8 Å². The molecule has 18 heavy (non-hydrogen) atoms. The van der Waals surface area contributed by atoms with Gasteiger partial charge in [0.25, 0.3) is 0 Å². The van der Waals surface area contributed by atoms with E-state index < -0.39 is 5.54 Å². The van der Waals surface area contributed by atoms with E-state index in [2.05, 4.69) is 5.32 Å². The van der Waals surface area contributed by atoms with Crippen LogP contribution in [0.3, 0.4) is 0 Å². The summed E-state index contributed by atoms with van der Waals surface area (Å²) >= 11 is 0. The van der Waals surface area contributed by atoms with Gasteiger partial charge in [0.15, 0.2) is 0 Å². The molecular formula is C14H21NO3. The van der Waals surface area contributed by atoms with Gasteiger partial charge in [-0.1, -0.05) is 30.3 Å². The second kappa shape index (κ2) is 7.13. The molecule has 0 radical (unpaired) electrons. The normalized spacial score (nSPS) is 13.9. The lowest BCUT2D eigenvalue weighted by Gasteiger charge is -2.32. The molecular weight excluding hydrogens is 230 g/mol. The second-order valence-corrected chi connectivity index (χ2v) is 4.11. The zero-order valence-electron chi connectivity index (χ0n) is 11.2. The summed E-state index contributed by atoms with van der Waals surface area (Å²) in [5, 5.41) is 3.20. The van der Waals surface area contributed by atoms with Crippen LogP contribution < -0.4 is 5.32 Å². The number of ether oxygens (including phenoxy) is 2. The molecule has 0 fully saturated rings. The Bertz CT molecular complexity index is 367. The smallest absolute Gasteiger partial charge is 0.308 e. The molecule has 1 rings (SSSR count). The highest BCUT2D eigenvalue weighted by molar-refractivity contribution is 5.71. The van der Waals surface area contributed by atoms with Crippen LogP contribution in [0.25, 0.3) is 0 Å². The monoisotopic (exact) mass is 251 g/mol. The van der Waals surface area contributed by atoms with Crippen molar-refractivity contribution >= 4 is 5.97 Å². The molecule has 100 valence electrons. The molecule has 1 unspecified atom stereocenters. The Kier molecular flexibility index (Phi) is 5.82. The third-order valence-electron chi connectivity index (χ3n) is 2.95. The summed E-state index contributed by atoms with van der Waals surface area (Å²) < 4.78 is 10.3. The number of methoxy groups -OCH3 is 1. The molecule has 1 atom stereocenters. The SMILES string of the molecule is CCOC(=O)CC(COC)(NC)c1ccccc1. The third kappa shape index (κ3) is 3.55. The Balaban J connectivity index is 2.97. The highest BCUT2D eigenvalue weighted by atomic mass is 16.5. The maximum Gasteiger partial charge on any atom is 0.308 e. The standard InChI is InChI=1S/C14H21NO3/c1-4-18-13(16)10-14(15-2,11-17-3)12-8-6-5-7-9-12/h5-9,15H,4,10-11H2,1-3H3. The Morgan fingerprint density at radius 2 is 2.00 bits per heavy atom. The number of nitrogens with one attached hydrogen (secondary N) is 1. The fourth-order valence-electron chi connectivity index (χ4n) is 2.00. The highest BCUT2D eigenvalue weighted by Gasteiger charge is 2.33. The van der Waals surface area contributed by atoms with Crippen LogP contribution in [-0.2, 0) is 19.8 Å². The topological polar surface area (TPSA) is 47.6 Å². The van der Waals surface area contributed by atoms with Crippen molar-refractivity contribution in [1.82, 2.24) is 5.32 Å². The molecule has 0 aliphatic rings. The van der Waals surface area contributed by atoms with E-state index in [4.69, 9.17) is 9.47 Å². The number of hydrogen-bond donors (Lipinski definition) is 1.